The van der Waals surface area contributed by atoms with Crippen LogP contribution in [0.4, 0.5) is 0 Å². The van der Waals surface area contributed by atoms with Gasteiger partial charge in [-0.25, -0.2) is 8.42 Å². The molecular formula is C14H27NO2S. The minimum atomic E-state index is -2.71. The van der Waals surface area contributed by atoms with E-state index >= 15 is 0 Å². The molecule has 1 heterocycles. The quantitative estimate of drug-likeness (QED) is 0.836. The van der Waals surface area contributed by atoms with Crippen molar-refractivity contribution in [2.24, 2.45) is 11.8 Å². The Kier molecular flexibility index (Phi) is 5.07. The lowest BCUT2D eigenvalue weighted by Gasteiger charge is -2.27. The smallest absolute Gasteiger partial charge is 0.150 e. The fraction of sp³-hybridized carbons (Fsp3) is 1.00. The maximum atomic E-state index is 11.5. The van der Waals surface area contributed by atoms with Gasteiger partial charge in [0.1, 0.15) is 0 Å². The van der Waals surface area contributed by atoms with Crippen molar-refractivity contribution in [3.63, 3.8) is 0 Å². The zero-order valence-electron chi connectivity index (χ0n) is 11.5. The number of sulfone groups is 1. The summed E-state index contributed by atoms with van der Waals surface area (Å²) in [6.45, 7) is 0. The summed E-state index contributed by atoms with van der Waals surface area (Å²) in [7, 11) is -0.685. The topological polar surface area (TPSA) is 46.2 Å². The van der Waals surface area contributed by atoms with Crippen LogP contribution >= 0.6 is 0 Å². The number of hydrogen-bond acceptors (Lipinski definition) is 3. The zero-order valence-corrected chi connectivity index (χ0v) is 12.3. The first-order valence-corrected chi connectivity index (χ1v) is 9.29. The van der Waals surface area contributed by atoms with Crippen LogP contribution in [0, 0.1) is 11.8 Å². The summed E-state index contributed by atoms with van der Waals surface area (Å²) in [6.07, 6.45) is 10.1. The lowest BCUT2D eigenvalue weighted by molar-refractivity contribution is 0.283. The van der Waals surface area contributed by atoms with Crippen molar-refractivity contribution in [1.29, 1.82) is 0 Å². The van der Waals surface area contributed by atoms with Gasteiger partial charge in [0.05, 0.1) is 11.5 Å². The molecule has 0 spiro atoms. The first-order valence-electron chi connectivity index (χ1n) is 7.47. The highest BCUT2D eigenvalue weighted by Crippen LogP contribution is 2.30. The van der Waals surface area contributed by atoms with Crippen LogP contribution in [0.1, 0.15) is 51.4 Å². The van der Waals surface area contributed by atoms with Gasteiger partial charge in [0.25, 0.3) is 0 Å². The van der Waals surface area contributed by atoms with Crippen LogP contribution in [0.3, 0.4) is 0 Å². The third-order valence-electron chi connectivity index (χ3n) is 4.70. The lowest BCUT2D eigenvalue weighted by atomic mass is 9.83. The van der Waals surface area contributed by atoms with Crippen molar-refractivity contribution < 1.29 is 8.42 Å². The van der Waals surface area contributed by atoms with Crippen LogP contribution in [0.25, 0.3) is 0 Å². The van der Waals surface area contributed by atoms with E-state index < -0.39 is 9.84 Å². The van der Waals surface area contributed by atoms with Gasteiger partial charge in [-0.15, -0.1) is 0 Å². The highest BCUT2D eigenvalue weighted by molar-refractivity contribution is 7.91. The second-order valence-corrected chi connectivity index (χ2v) is 8.46. The first-order chi connectivity index (χ1) is 8.59. The normalized spacial score (nSPS) is 30.4. The molecule has 1 saturated heterocycles. The Morgan fingerprint density at radius 3 is 2.28 bits per heavy atom. The van der Waals surface area contributed by atoms with Crippen molar-refractivity contribution in [3.8, 4) is 0 Å². The Labute approximate surface area is 112 Å². The number of nitrogens with one attached hydrogen (secondary N) is 1. The first kappa shape index (κ1) is 14.3. The van der Waals surface area contributed by atoms with Crippen LogP contribution in [-0.4, -0.2) is 33.0 Å². The van der Waals surface area contributed by atoms with Gasteiger partial charge in [0, 0.05) is 6.04 Å². The molecule has 2 fully saturated rings. The molecular weight excluding hydrogens is 246 g/mol. The van der Waals surface area contributed by atoms with Gasteiger partial charge >= 0.3 is 0 Å². The fourth-order valence-corrected chi connectivity index (χ4v) is 5.50. The van der Waals surface area contributed by atoms with E-state index in [1.54, 1.807) is 0 Å². The fourth-order valence-electron chi connectivity index (χ4n) is 3.62. The third kappa shape index (κ3) is 4.23. The maximum absolute atomic E-state index is 11.5. The van der Waals surface area contributed by atoms with Crippen LogP contribution in [-0.2, 0) is 9.84 Å². The van der Waals surface area contributed by atoms with Crippen LogP contribution < -0.4 is 5.32 Å². The van der Waals surface area contributed by atoms with Crippen molar-refractivity contribution >= 4 is 9.84 Å². The number of rotatable bonds is 5. The zero-order chi connectivity index (χ0) is 13.0. The van der Waals surface area contributed by atoms with Crippen LogP contribution in [0.2, 0.25) is 0 Å². The summed E-state index contributed by atoms with van der Waals surface area (Å²) in [6, 6.07) is 0.520. The molecule has 0 aromatic rings. The Bertz CT molecular complexity index is 347. The highest BCUT2D eigenvalue weighted by atomic mass is 32.2. The second-order valence-electron chi connectivity index (χ2n) is 6.23. The maximum Gasteiger partial charge on any atom is 0.150 e. The molecule has 0 bridgehead atoms. The van der Waals surface area contributed by atoms with Gasteiger partial charge < -0.3 is 5.32 Å². The highest BCUT2D eigenvalue weighted by Gasteiger charge is 2.30. The van der Waals surface area contributed by atoms with E-state index in [2.05, 4.69) is 5.32 Å². The summed E-state index contributed by atoms with van der Waals surface area (Å²) >= 11 is 0. The Hall–Kier alpha value is -0.0900. The molecule has 0 radical (unpaired) electrons. The Morgan fingerprint density at radius 1 is 1.06 bits per heavy atom. The molecule has 18 heavy (non-hydrogen) atoms. The summed E-state index contributed by atoms with van der Waals surface area (Å²) in [5.74, 6) is 2.11. The van der Waals surface area contributed by atoms with Crippen molar-refractivity contribution in [2.75, 3.05) is 18.6 Å². The lowest BCUT2D eigenvalue weighted by Crippen LogP contribution is -2.31. The molecule has 3 nitrogen and oxygen atoms in total. The molecule has 2 rings (SSSR count). The summed E-state index contributed by atoms with van der Waals surface area (Å²) in [5.41, 5.74) is 0. The van der Waals surface area contributed by atoms with E-state index in [-0.39, 0.29) is 0 Å². The van der Waals surface area contributed by atoms with Gasteiger partial charge in [-0.2, -0.15) is 0 Å². The van der Waals surface area contributed by atoms with Crippen molar-refractivity contribution in [2.45, 2.75) is 57.4 Å². The number of hydrogen-bond donors (Lipinski definition) is 1. The molecule has 1 saturated carbocycles. The molecule has 4 heteroatoms. The summed E-state index contributed by atoms with van der Waals surface area (Å²) in [5, 5.41) is 3.41. The van der Waals surface area contributed by atoms with E-state index in [0.29, 0.717) is 23.5 Å². The molecule has 1 N–H and O–H groups in total. The van der Waals surface area contributed by atoms with E-state index in [1.807, 2.05) is 7.05 Å². The monoisotopic (exact) mass is 273 g/mol. The molecule has 0 aromatic carbocycles. The minimum absolute atomic E-state index is 0.399. The minimum Gasteiger partial charge on any atom is -0.317 e. The molecule has 1 aliphatic heterocycles. The van der Waals surface area contributed by atoms with Gasteiger partial charge in [0.2, 0.25) is 0 Å². The molecule has 0 aromatic heterocycles. The molecule has 106 valence electrons. The van der Waals surface area contributed by atoms with Gasteiger partial charge in [-0.3, -0.25) is 0 Å². The molecule has 1 aliphatic carbocycles. The van der Waals surface area contributed by atoms with Gasteiger partial charge in [-0.1, -0.05) is 32.1 Å². The average molecular weight is 273 g/mol. The van der Waals surface area contributed by atoms with E-state index in [9.17, 15) is 8.42 Å². The Morgan fingerprint density at radius 2 is 1.72 bits per heavy atom. The largest absolute Gasteiger partial charge is 0.317 e. The molecule has 2 aliphatic rings. The molecule has 0 amide bonds. The summed E-state index contributed by atoms with van der Waals surface area (Å²) < 4.78 is 23.0. The van der Waals surface area contributed by atoms with E-state index in [4.69, 9.17) is 0 Å². The predicted octanol–water partition coefficient (Wildman–Crippen LogP) is 2.37. The summed E-state index contributed by atoms with van der Waals surface area (Å²) in [4.78, 5) is 0. The van der Waals surface area contributed by atoms with Crippen LogP contribution in [0.15, 0.2) is 0 Å². The van der Waals surface area contributed by atoms with Gasteiger partial charge in [0.15, 0.2) is 9.84 Å². The van der Waals surface area contributed by atoms with E-state index in [0.717, 1.165) is 18.8 Å². The van der Waals surface area contributed by atoms with Crippen molar-refractivity contribution in [3.05, 3.63) is 0 Å². The van der Waals surface area contributed by atoms with Gasteiger partial charge in [-0.05, 0) is 38.1 Å². The Balaban J connectivity index is 1.78. The van der Waals surface area contributed by atoms with E-state index in [1.165, 1.54) is 38.5 Å². The standard InChI is InChI=1S/C14H27NO2S/c1-15-14(9-12-5-3-2-4-6-12)10-13-7-8-18(16,17)11-13/h12-15H,2-11H2,1H3. The molecule has 2 atom stereocenters. The predicted molar refractivity (Wildman–Crippen MR) is 75.4 cm³/mol. The third-order valence-corrected chi connectivity index (χ3v) is 6.53. The van der Waals surface area contributed by atoms with Crippen molar-refractivity contribution in [1.82, 2.24) is 5.32 Å². The molecule has 2 unspecified atom stereocenters. The average Bonchev–Trinajstić information content (AvgIpc) is 2.69. The SMILES string of the molecule is CNC(CC1CCCCC1)CC1CCS(=O)(=O)C1. The van der Waals surface area contributed by atoms with Crippen LogP contribution in [0.5, 0.6) is 0 Å². The second kappa shape index (κ2) is 6.38.